The van der Waals surface area contributed by atoms with Crippen molar-refractivity contribution in [2.24, 2.45) is 5.92 Å². The Morgan fingerprint density at radius 3 is 2.57 bits per heavy atom. The first-order valence-electron chi connectivity index (χ1n) is 11.4. The lowest BCUT2D eigenvalue weighted by atomic mass is 9.82. The van der Waals surface area contributed by atoms with E-state index in [0.29, 0.717) is 31.3 Å². The molecule has 168 valence electrons. The fourth-order valence-electron chi connectivity index (χ4n) is 3.94. The normalized spacial score (nSPS) is 14.6. The van der Waals surface area contributed by atoms with Crippen molar-refractivity contribution < 1.29 is 19.4 Å². The third-order valence-electron chi connectivity index (χ3n) is 5.77. The van der Waals surface area contributed by atoms with Crippen molar-refractivity contribution in [2.45, 2.75) is 78.2 Å². The second-order valence-electron chi connectivity index (χ2n) is 8.55. The van der Waals surface area contributed by atoms with Crippen LogP contribution >= 0.6 is 0 Å². The second kappa shape index (κ2) is 12.6. The van der Waals surface area contributed by atoms with E-state index < -0.39 is 0 Å². The number of ether oxygens (including phenoxy) is 1. The zero-order valence-corrected chi connectivity index (χ0v) is 18.8. The number of amides is 2. The van der Waals surface area contributed by atoms with Gasteiger partial charge in [-0.1, -0.05) is 58.2 Å². The first-order chi connectivity index (χ1) is 14.5. The number of rotatable bonds is 10. The van der Waals surface area contributed by atoms with Crippen LogP contribution in [0.25, 0.3) is 0 Å². The molecule has 0 radical (unpaired) electrons. The minimum absolute atomic E-state index is 0.0727. The highest BCUT2D eigenvalue weighted by atomic mass is 16.5. The van der Waals surface area contributed by atoms with Gasteiger partial charge in [-0.2, -0.15) is 0 Å². The first kappa shape index (κ1) is 24.2. The molecule has 1 aliphatic carbocycles. The monoisotopic (exact) mass is 418 g/mol. The molecule has 0 bridgehead atoms. The summed E-state index contributed by atoms with van der Waals surface area (Å²) in [4.78, 5) is 26.5. The fourth-order valence-corrected chi connectivity index (χ4v) is 3.94. The zero-order chi connectivity index (χ0) is 21.9. The maximum absolute atomic E-state index is 13.1. The van der Waals surface area contributed by atoms with Gasteiger partial charge in [0.2, 0.25) is 0 Å². The average Bonchev–Trinajstić information content (AvgIpc) is 2.75. The molecule has 1 aromatic carbocycles. The number of nitrogens with one attached hydrogen (secondary N) is 1. The van der Waals surface area contributed by atoms with E-state index in [0.717, 1.165) is 36.1 Å². The molecule has 30 heavy (non-hydrogen) atoms. The lowest BCUT2D eigenvalue weighted by Crippen LogP contribution is -2.38. The Morgan fingerprint density at radius 1 is 1.20 bits per heavy atom. The Balaban J connectivity index is 2.27. The number of aliphatic hydroxyl groups is 1. The van der Waals surface area contributed by atoms with E-state index in [1.807, 2.05) is 12.1 Å². The quantitative estimate of drug-likeness (QED) is 0.521. The van der Waals surface area contributed by atoms with Gasteiger partial charge in [0.05, 0.1) is 12.3 Å². The molecule has 1 aromatic rings. The molecule has 0 saturated heterocycles. The van der Waals surface area contributed by atoms with E-state index in [1.165, 1.54) is 19.3 Å². The summed E-state index contributed by atoms with van der Waals surface area (Å²) < 4.78 is 5.38. The van der Waals surface area contributed by atoms with E-state index >= 15 is 0 Å². The summed E-state index contributed by atoms with van der Waals surface area (Å²) >= 11 is 0. The summed E-state index contributed by atoms with van der Waals surface area (Å²) in [6, 6.07) is 5.77. The third-order valence-corrected chi connectivity index (χ3v) is 5.77. The van der Waals surface area contributed by atoms with Gasteiger partial charge in [-0.15, -0.1) is 0 Å². The highest BCUT2D eigenvalue weighted by Crippen LogP contribution is 2.38. The van der Waals surface area contributed by atoms with Crippen molar-refractivity contribution in [2.75, 3.05) is 25.0 Å². The van der Waals surface area contributed by atoms with Crippen LogP contribution in [-0.4, -0.2) is 41.7 Å². The number of para-hydroxylation sites is 1. The molecule has 1 fully saturated rings. The van der Waals surface area contributed by atoms with Gasteiger partial charge >= 0.3 is 12.0 Å². The molecule has 0 heterocycles. The number of hydrogen-bond donors (Lipinski definition) is 2. The van der Waals surface area contributed by atoms with Crippen molar-refractivity contribution >= 4 is 17.7 Å². The van der Waals surface area contributed by atoms with Crippen molar-refractivity contribution in [1.29, 1.82) is 0 Å². The number of carbonyl (C=O) groups excluding carboxylic acids is 2. The Labute approximate surface area is 181 Å². The molecule has 2 amide bonds. The Hall–Kier alpha value is -2.08. The maximum atomic E-state index is 13.1. The number of anilines is 1. The SMILES string of the molecule is CCC(=O)OCc1cccc(C2CCCCC2)c1NC(=O)N(CCO)CCC(C)C. The number of aliphatic hydroxyl groups excluding tert-OH is 1. The largest absolute Gasteiger partial charge is 0.461 e. The molecular formula is C24H38N2O4. The lowest BCUT2D eigenvalue weighted by molar-refractivity contribution is -0.144. The molecule has 1 aliphatic rings. The summed E-state index contributed by atoms with van der Waals surface area (Å²) in [5, 5.41) is 12.5. The molecule has 6 heteroatoms. The molecule has 2 rings (SSSR count). The minimum Gasteiger partial charge on any atom is -0.461 e. The Bertz CT molecular complexity index is 684. The van der Waals surface area contributed by atoms with Crippen LogP contribution in [0.5, 0.6) is 0 Å². The molecule has 6 nitrogen and oxygen atoms in total. The van der Waals surface area contributed by atoms with Gasteiger partial charge in [-0.25, -0.2) is 4.79 Å². The standard InChI is InChI=1S/C24H38N2O4/c1-4-22(28)30-17-20-11-8-12-21(19-9-6-5-7-10-19)23(20)25-24(29)26(15-16-27)14-13-18(2)3/h8,11-12,18-19,27H,4-7,9-10,13-17H2,1-3H3,(H,25,29). The maximum Gasteiger partial charge on any atom is 0.321 e. The van der Waals surface area contributed by atoms with Gasteiger partial charge in [0, 0.05) is 25.1 Å². The smallest absolute Gasteiger partial charge is 0.321 e. The van der Waals surface area contributed by atoms with Gasteiger partial charge in [0.15, 0.2) is 0 Å². The van der Waals surface area contributed by atoms with Crippen LogP contribution in [0.3, 0.4) is 0 Å². The predicted molar refractivity (Wildman–Crippen MR) is 119 cm³/mol. The highest BCUT2D eigenvalue weighted by Gasteiger charge is 2.23. The predicted octanol–water partition coefficient (Wildman–Crippen LogP) is 5.06. The van der Waals surface area contributed by atoms with E-state index in [1.54, 1.807) is 11.8 Å². The molecule has 0 aliphatic heterocycles. The summed E-state index contributed by atoms with van der Waals surface area (Å²) in [5.74, 6) is 0.615. The number of hydrogen-bond acceptors (Lipinski definition) is 4. The average molecular weight is 419 g/mol. The molecule has 1 saturated carbocycles. The molecule has 0 aromatic heterocycles. The molecule has 2 N–H and O–H groups in total. The van der Waals surface area contributed by atoms with E-state index in [2.05, 4.69) is 25.2 Å². The summed E-state index contributed by atoms with van der Waals surface area (Å²) in [7, 11) is 0. The van der Waals surface area contributed by atoms with Crippen molar-refractivity contribution in [3.63, 3.8) is 0 Å². The van der Waals surface area contributed by atoms with E-state index in [-0.39, 0.29) is 25.2 Å². The first-order valence-corrected chi connectivity index (χ1v) is 11.4. The highest BCUT2D eigenvalue weighted by molar-refractivity contribution is 5.91. The fraction of sp³-hybridized carbons (Fsp3) is 0.667. The third kappa shape index (κ3) is 7.31. The van der Waals surface area contributed by atoms with Gasteiger partial charge < -0.3 is 20.1 Å². The van der Waals surface area contributed by atoms with Crippen LogP contribution in [0.2, 0.25) is 0 Å². The van der Waals surface area contributed by atoms with Gasteiger partial charge in [-0.05, 0) is 36.7 Å². The van der Waals surface area contributed by atoms with Crippen LogP contribution in [-0.2, 0) is 16.1 Å². The molecule has 0 unspecified atom stereocenters. The molecule has 0 atom stereocenters. The summed E-state index contributed by atoms with van der Waals surface area (Å²) in [6.45, 7) is 6.97. The number of urea groups is 1. The van der Waals surface area contributed by atoms with Gasteiger partial charge in [0.25, 0.3) is 0 Å². The van der Waals surface area contributed by atoms with Gasteiger partial charge in [0.1, 0.15) is 6.61 Å². The number of nitrogens with zero attached hydrogens (tertiary/aromatic N) is 1. The molecule has 0 spiro atoms. The Kier molecular flexibility index (Phi) is 10.1. The minimum atomic E-state index is -0.255. The van der Waals surface area contributed by atoms with E-state index in [4.69, 9.17) is 4.74 Å². The van der Waals surface area contributed by atoms with Crippen molar-refractivity contribution in [3.05, 3.63) is 29.3 Å². The lowest BCUT2D eigenvalue weighted by Gasteiger charge is -2.28. The van der Waals surface area contributed by atoms with Crippen LogP contribution in [0, 0.1) is 5.92 Å². The number of benzene rings is 1. The van der Waals surface area contributed by atoms with Crippen molar-refractivity contribution in [1.82, 2.24) is 4.90 Å². The van der Waals surface area contributed by atoms with Crippen LogP contribution in [0.4, 0.5) is 10.5 Å². The topological polar surface area (TPSA) is 78.9 Å². The summed E-state index contributed by atoms with van der Waals surface area (Å²) in [5.41, 5.74) is 2.72. The summed E-state index contributed by atoms with van der Waals surface area (Å²) in [6.07, 6.45) is 7.05. The zero-order valence-electron chi connectivity index (χ0n) is 18.8. The van der Waals surface area contributed by atoms with E-state index in [9.17, 15) is 14.7 Å². The molecular weight excluding hydrogens is 380 g/mol. The Morgan fingerprint density at radius 2 is 1.93 bits per heavy atom. The van der Waals surface area contributed by atoms with Gasteiger partial charge in [-0.3, -0.25) is 4.79 Å². The van der Waals surface area contributed by atoms with Crippen LogP contribution in [0.15, 0.2) is 18.2 Å². The number of carbonyl (C=O) groups is 2. The number of esters is 1. The van der Waals surface area contributed by atoms with Crippen LogP contribution < -0.4 is 5.32 Å². The second-order valence-corrected chi connectivity index (χ2v) is 8.55. The van der Waals surface area contributed by atoms with Crippen LogP contribution in [0.1, 0.15) is 82.8 Å². The van der Waals surface area contributed by atoms with Crippen molar-refractivity contribution in [3.8, 4) is 0 Å².